The van der Waals surface area contributed by atoms with E-state index in [1.54, 1.807) is 6.07 Å². The summed E-state index contributed by atoms with van der Waals surface area (Å²) < 4.78 is 0. The molecule has 6 heteroatoms. The van der Waals surface area contributed by atoms with Gasteiger partial charge in [0.25, 0.3) is 0 Å². The Morgan fingerprint density at radius 1 is 1.10 bits per heavy atom. The van der Waals surface area contributed by atoms with Crippen molar-refractivity contribution in [1.29, 1.82) is 0 Å². The number of halogens is 2. The Morgan fingerprint density at radius 3 is 2.38 bits per heavy atom. The molecule has 2 amide bonds. The Hall–Kier alpha value is -1.75. The number of para-hydroxylation sites is 1. The Labute approximate surface area is 185 Å². The molecule has 29 heavy (non-hydrogen) atoms. The van der Waals surface area contributed by atoms with Crippen molar-refractivity contribution in [3.63, 3.8) is 0 Å². The number of urea groups is 1. The zero-order valence-electron chi connectivity index (χ0n) is 17.4. The topological polar surface area (TPSA) is 35.6 Å². The van der Waals surface area contributed by atoms with Gasteiger partial charge in [0, 0.05) is 31.7 Å². The monoisotopic (exact) mass is 435 g/mol. The molecular formula is C23H31Cl2N3O. The molecule has 2 aromatic rings. The lowest BCUT2D eigenvalue weighted by Crippen LogP contribution is -2.43. The number of rotatable bonds is 6. The van der Waals surface area contributed by atoms with E-state index in [0.717, 1.165) is 17.7 Å². The van der Waals surface area contributed by atoms with E-state index in [-0.39, 0.29) is 18.4 Å². The molecule has 2 atom stereocenters. The van der Waals surface area contributed by atoms with Crippen molar-refractivity contribution < 1.29 is 4.79 Å². The summed E-state index contributed by atoms with van der Waals surface area (Å²) in [7, 11) is 0. The summed E-state index contributed by atoms with van der Waals surface area (Å²) in [6, 6.07) is 16.8. The lowest BCUT2D eigenvalue weighted by atomic mass is 10.2. The molecule has 1 N–H and O–H groups in total. The molecule has 0 bridgehead atoms. The Morgan fingerprint density at radius 2 is 1.76 bits per heavy atom. The van der Waals surface area contributed by atoms with Crippen molar-refractivity contribution in [3.05, 3.63) is 64.7 Å². The minimum Gasteiger partial charge on any atom is -0.319 e. The summed E-state index contributed by atoms with van der Waals surface area (Å²) in [5.74, 6) is 0. The summed E-state index contributed by atoms with van der Waals surface area (Å²) in [4.78, 5) is 17.5. The van der Waals surface area contributed by atoms with E-state index in [1.165, 1.54) is 12.8 Å². The van der Waals surface area contributed by atoms with E-state index < -0.39 is 0 Å². The standard InChI is InChI=1S/C23H30ClN3O.ClH/c1-17-8-7-11-21(24)22(17)25-23(28)26(16-20-9-5-4-6-10-20)14-15-27-18(2)12-13-19(27)3;/h4-11,18-19H,12-16H2,1-3H3,(H,25,28);1H. The van der Waals surface area contributed by atoms with Crippen molar-refractivity contribution in [2.75, 3.05) is 18.4 Å². The average Bonchev–Trinajstić information content (AvgIpc) is 3.00. The first-order chi connectivity index (χ1) is 13.5. The molecule has 0 aliphatic carbocycles. The fraction of sp³-hybridized carbons (Fsp3) is 0.435. The Balaban J connectivity index is 0.00000300. The third kappa shape index (κ3) is 6.11. The maximum Gasteiger partial charge on any atom is 0.322 e. The molecule has 3 rings (SSSR count). The molecule has 158 valence electrons. The van der Waals surface area contributed by atoms with Crippen LogP contribution in [0.3, 0.4) is 0 Å². The van der Waals surface area contributed by atoms with Gasteiger partial charge in [0.1, 0.15) is 0 Å². The van der Waals surface area contributed by atoms with Gasteiger partial charge in [-0.1, -0.05) is 54.1 Å². The van der Waals surface area contributed by atoms with Crippen molar-refractivity contribution in [2.24, 2.45) is 0 Å². The fourth-order valence-electron chi connectivity index (χ4n) is 3.96. The SMILES string of the molecule is Cc1cccc(Cl)c1NC(=O)N(CCN1C(C)CCC1C)Cc1ccccc1.Cl. The molecule has 1 aliphatic heterocycles. The predicted octanol–water partition coefficient (Wildman–Crippen LogP) is 5.98. The molecule has 0 radical (unpaired) electrons. The molecule has 1 heterocycles. The third-order valence-electron chi connectivity index (χ3n) is 5.72. The van der Waals surface area contributed by atoms with Crippen LogP contribution in [0.4, 0.5) is 10.5 Å². The Bertz CT molecular complexity index is 770. The highest BCUT2D eigenvalue weighted by Gasteiger charge is 2.28. The van der Waals surface area contributed by atoms with Gasteiger partial charge in [0.05, 0.1) is 10.7 Å². The van der Waals surface area contributed by atoms with Gasteiger partial charge in [-0.3, -0.25) is 4.90 Å². The molecule has 1 saturated heterocycles. The summed E-state index contributed by atoms with van der Waals surface area (Å²) in [5.41, 5.74) is 2.77. The van der Waals surface area contributed by atoms with Crippen LogP contribution in [0.5, 0.6) is 0 Å². The van der Waals surface area contributed by atoms with E-state index in [9.17, 15) is 4.79 Å². The summed E-state index contributed by atoms with van der Waals surface area (Å²) in [6.07, 6.45) is 2.45. The number of carbonyl (C=O) groups excluding carboxylic acids is 1. The maximum absolute atomic E-state index is 13.1. The highest BCUT2D eigenvalue weighted by Crippen LogP contribution is 2.26. The van der Waals surface area contributed by atoms with E-state index in [0.29, 0.717) is 35.9 Å². The van der Waals surface area contributed by atoms with Crippen LogP contribution in [0, 0.1) is 6.92 Å². The van der Waals surface area contributed by atoms with Crippen molar-refractivity contribution >= 4 is 35.7 Å². The summed E-state index contributed by atoms with van der Waals surface area (Å²) in [5, 5.41) is 3.60. The number of aryl methyl sites for hydroxylation is 1. The normalized spacial score (nSPS) is 18.9. The van der Waals surface area contributed by atoms with E-state index in [2.05, 4.69) is 36.2 Å². The molecular weight excluding hydrogens is 405 g/mol. The quantitative estimate of drug-likeness (QED) is 0.605. The molecule has 2 unspecified atom stereocenters. The van der Waals surface area contributed by atoms with Crippen molar-refractivity contribution in [2.45, 2.75) is 52.2 Å². The molecule has 2 aromatic carbocycles. The zero-order valence-corrected chi connectivity index (χ0v) is 19.0. The van der Waals surface area contributed by atoms with Crippen LogP contribution in [0.15, 0.2) is 48.5 Å². The number of nitrogens with one attached hydrogen (secondary N) is 1. The number of amides is 2. The Kier molecular flexibility index (Phi) is 8.81. The zero-order chi connectivity index (χ0) is 20.1. The van der Waals surface area contributed by atoms with Crippen LogP contribution in [0.2, 0.25) is 5.02 Å². The highest BCUT2D eigenvalue weighted by atomic mass is 35.5. The molecule has 0 spiro atoms. The molecule has 1 aliphatic rings. The number of hydrogen-bond acceptors (Lipinski definition) is 2. The fourth-order valence-corrected chi connectivity index (χ4v) is 4.23. The number of carbonyl (C=O) groups is 1. The molecule has 0 aromatic heterocycles. The van der Waals surface area contributed by atoms with Crippen molar-refractivity contribution in [1.82, 2.24) is 9.80 Å². The number of likely N-dealkylation sites (tertiary alicyclic amines) is 1. The predicted molar refractivity (Wildman–Crippen MR) is 124 cm³/mol. The minimum absolute atomic E-state index is 0. The number of benzene rings is 2. The first kappa shape index (κ1) is 23.5. The first-order valence-electron chi connectivity index (χ1n) is 10.1. The highest BCUT2D eigenvalue weighted by molar-refractivity contribution is 6.33. The minimum atomic E-state index is -0.112. The largest absolute Gasteiger partial charge is 0.322 e. The summed E-state index contributed by atoms with van der Waals surface area (Å²) in [6.45, 7) is 8.64. The number of anilines is 1. The second-order valence-corrected chi connectivity index (χ2v) is 8.19. The second kappa shape index (κ2) is 10.9. The van der Waals surface area contributed by atoms with Crippen LogP contribution in [-0.2, 0) is 6.54 Å². The van der Waals surface area contributed by atoms with Crippen LogP contribution >= 0.6 is 24.0 Å². The lowest BCUT2D eigenvalue weighted by molar-refractivity contribution is 0.170. The van der Waals surface area contributed by atoms with Crippen LogP contribution in [0.25, 0.3) is 0 Å². The molecule has 1 fully saturated rings. The van der Waals surface area contributed by atoms with Crippen LogP contribution < -0.4 is 5.32 Å². The third-order valence-corrected chi connectivity index (χ3v) is 6.03. The van der Waals surface area contributed by atoms with E-state index in [1.807, 2.05) is 42.2 Å². The van der Waals surface area contributed by atoms with Crippen molar-refractivity contribution in [3.8, 4) is 0 Å². The smallest absolute Gasteiger partial charge is 0.319 e. The summed E-state index contributed by atoms with van der Waals surface area (Å²) >= 11 is 6.32. The van der Waals surface area contributed by atoms with Gasteiger partial charge in [0.15, 0.2) is 0 Å². The van der Waals surface area contributed by atoms with Gasteiger partial charge < -0.3 is 10.2 Å². The number of nitrogens with zero attached hydrogens (tertiary/aromatic N) is 2. The number of hydrogen-bond donors (Lipinski definition) is 1. The van der Waals surface area contributed by atoms with E-state index >= 15 is 0 Å². The lowest BCUT2D eigenvalue weighted by Gasteiger charge is -2.30. The molecule has 0 saturated carbocycles. The maximum atomic E-state index is 13.1. The van der Waals surface area contributed by atoms with Gasteiger partial charge in [-0.15, -0.1) is 12.4 Å². The first-order valence-corrected chi connectivity index (χ1v) is 10.4. The van der Waals surface area contributed by atoms with Crippen LogP contribution in [0.1, 0.15) is 37.8 Å². The van der Waals surface area contributed by atoms with Gasteiger partial charge in [-0.2, -0.15) is 0 Å². The van der Waals surface area contributed by atoms with Gasteiger partial charge in [0.2, 0.25) is 0 Å². The van der Waals surface area contributed by atoms with Crippen LogP contribution in [-0.4, -0.2) is 41.0 Å². The average molecular weight is 436 g/mol. The van der Waals surface area contributed by atoms with Gasteiger partial charge >= 0.3 is 6.03 Å². The molecule has 4 nitrogen and oxygen atoms in total. The second-order valence-electron chi connectivity index (χ2n) is 7.78. The van der Waals surface area contributed by atoms with Gasteiger partial charge in [-0.05, 0) is 50.8 Å². The van der Waals surface area contributed by atoms with E-state index in [4.69, 9.17) is 11.6 Å². The van der Waals surface area contributed by atoms with Gasteiger partial charge in [-0.25, -0.2) is 4.79 Å².